The van der Waals surface area contributed by atoms with Crippen molar-refractivity contribution in [3.63, 3.8) is 0 Å². The number of fused-ring (bicyclic) bond motifs is 1. The Balaban J connectivity index is 1.27. The van der Waals surface area contributed by atoms with Crippen LogP contribution >= 0.6 is 0 Å². The van der Waals surface area contributed by atoms with Crippen molar-refractivity contribution >= 4 is 11.0 Å². The van der Waals surface area contributed by atoms with E-state index in [0.29, 0.717) is 17.0 Å². The van der Waals surface area contributed by atoms with Crippen molar-refractivity contribution in [1.82, 2.24) is 14.5 Å². The van der Waals surface area contributed by atoms with Gasteiger partial charge in [-0.3, -0.25) is 4.79 Å². The molecule has 4 aromatic carbocycles. The molecule has 1 aliphatic heterocycles. The molecule has 2 aromatic heterocycles. The molecule has 4 atom stereocenters. The summed E-state index contributed by atoms with van der Waals surface area (Å²) in [5.41, 5.74) is 2.93. The van der Waals surface area contributed by atoms with Crippen LogP contribution < -0.4 is 15.0 Å². The fraction of sp³-hybridized carbons (Fsp3) is 0.231. The summed E-state index contributed by atoms with van der Waals surface area (Å²) in [5.74, 6) is 1.42. The number of pyridine rings is 1. The van der Waals surface area contributed by atoms with E-state index in [1.54, 1.807) is 37.4 Å². The summed E-state index contributed by atoms with van der Waals surface area (Å²) in [5, 5.41) is 11.9. The minimum absolute atomic E-state index is 0.0109. The second kappa shape index (κ2) is 14.1. The van der Waals surface area contributed by atoms with Crippen LogP contribution in [0, 0.1) is 0 Å². The van der Waals surface area contributed by atoms with Gasteiger partial charge in [0, 0.05) is 6.20 Å². The highest BCUT2D eigenvalue weighted by molar-refractivity contribution is 5.73. The highest BCUT2D eigenvalue weighted by Gasteiger charge is 2.48. The van der Waals surface area contributed by atoms with E-state index < -0.39 is 30.1 Å². The number of hydrogen-bond donors (Lipinski definition) is 2. The standard InChI is InChI=1S/C39H37N3O7/c1-45-30-17-13-28(14-18-30)39(27-11-7-4-8-12-27,29-15-19-31(46-2)20-16-29)48-24-33-35(43)36(47-23-26-9-5-3-6-10-26)38(49-33)42-25-41-34-32(42)21-22-40-37(34)44/h3-22,25,33,35-36,38,43H,23-24H2,1-2H3,(H,40,44)/t33-,35-,36-,38-/m1/s1. The summed E-state index contributed by atoms with van der Waals surface area (Å²) in [6, 6.07) is 36.9. The van der Waals surface area contributed by atoms with Gasteiger partial charge in [-0.25, -0.2) is 4.98 Å². The Morgan fingerprint density at radius 2 is 1.41 bits per heavy atom. The Kier molecular flexibility index (Phi) is 9.28. The number of H-pyrrole nitrogens is 1. The van der Waals surface area contributed by atoms with E-state index in [2.05, 4.69) is 9.97 Å². The number of aromatic amines is 1. The Bertz CT molecular complexity index is 1980. The zero-order valence-electron chi connectivity index (χ0n) is 27.1. The van der Waals surface area contributed by atoms with Gasteiger partial charge in [0.15, 0.2) is 11.7 Å². The van der Waals surface area contributed by atoms with E-state index in [9.17, 15) is 9.90 Å². The van der Waals surface area contributed by atoms with Crippen LogP contribution in [0.3, 0.4) is 0 Å². The predicted octanol–water partition coefficient (Wildman–Crippen LogP) is 5.59. The second-order valence-corrected chi connectivity index (χ2v) is 11.8. The molecular formula is C39H37N3O7. The summed E-state index contributed by atoms with van der Waals surface area (Å²) < 4.78 is 32.8. The van der Waals surface area contributed by atoms with Crippen molar-refractivity contribution < 1.29 is 28.8 Å². The van der Waals surface area contributed by atoms with Crippen LogP contribution in [0.15, 0.2) is 133 Å². The molecule has 250 valence electrons. The summed E-state index contributed by atoms with van der Waals surface area (Å²) in [6.07, 6.45) is -0.404. The molecule has 10 nitrogen and oxygen atoms in total. The molecule has 49 heavy (non-hydrogen) atoms. The van der Waals surface area contributed by atoms with Gasteiger partial charge in [0.05, 0.1) is 39.3 Å². The summed E-state index contributed by atoms with van der Waals surface area (Å²) in [6.45, 7) is 0.234. The highest BCUT2D eigenvalue weighted by Crippen LogP contribution is 2.43. The quantitative estimate of drug-likeness (QED) is 0.163. The van der Waals surface area contributed by atoms with Gasteiger partial charge in [-0.05, 0) is 52.6 Å². The lowest BCUT2D eigenvalue weighted by Gasteiger charge is -2.37. The van der Waals surface area contributed by atoms with Crippen LogP contribution in [-0.2, 0) is 26.4 Å². The Morgan fingerprint density at radius 3 is 2.02 bits per heavy atom. The first-order valence-corrected chi connectivity index (χ1v) is 16.0. The summed E-state index contributed by atoms with van der Waals surface area (Å²) >= 11 is 0. The number of aliphatic hydroxyl groups is 1. The number of aliphatic hydroxyl groups excluding tert-OH is 1. The fourth-order valence-corrected chi connectivity index (χ4v) is 6.49. The smallest absolute Gasteiger partial charge is 0.276 e. The maximum Gasteiger partial charge on any atom is 0.276 e. The molecule has 0 saturated carbocycles. The molecule has 0 radical (unpaired) electrons. The number of nitrogens with zero attached hydrogens (tertiary/aromatic N) is 2. The lowest BCUT2D eigenvalue weighted by atomic mass is 9.80. The fourth-order valence-electron chi connectivity index (χ4n) is 6.49. The summed E-state index contributed by atoms with van der Waals surface area (Å²) in [4.78, 5) is 19.5. The molecule has 10 heteroatoms. The van der Waals surface area contributed by atoms with Crippen molar-refractivity contribution in [3.05, 3.63) is 160 Å². The third-order valence-corrected chi connectivity index (χ3v) is 9.01. The molecule has 7 rings (SSSR count). The molecule has 3 heterocycles. The molecule has 1 aliphatic rings. The first-order valence-electron chi connectivity index (χ1n) is 16.0. The van der Waals surface area contributed by atoms with E-state index in [1.807, 2.05) is 109 Å². The Morgan fingerprint density at radius 1 is 0.816 bits per heavy atom. The SMILES string of the molecule is COc1ccc(C(OC[C@H]2O[C@@H](n3cnc4c(=O)[nH]ccc43)[C@H](OCc3ccccc3)[C@@H]2O)(c2ccccc2)c2ccc(OC)cc2)cc1. The largest absolute Gasteiger partial charge is 0.497 e. The van der Waals surface area contributed by atoms with E-state index in [-0.39, 0.29) is 24.3 Å². The van der Waals surface area contributed by atoms with Crippen molar-refractivity contribution in [2.24, 2.45) is 0 Å². The number of nitrogens with one attached hydrogen (secondary N) is 1. The molecule has 0 bridgehead atoms. The van der Waals surface area contributed by atoms with Crippen molar-refractivity contribution in [1.29, 1.82) is 0 Å². The average molecular weight is 660 g/mol. The lowest BCUT2D eigenvalue weighted by Crippen LogP contribution is -2.40. The maximum absolute atomic E-state index is 12.5. The molecule has 0 amide bonds. The third kappa shape index (κ3) is 6.23. The third-order valence-electron chi connectivity index (χ3n) is 9.01. The Hall–Kier alpha value is -5.26. The van der Waals surface area contributed by atoms with Crippen LogP contribution in [-0.4, -0.2) is 58.8 Å². The highest BCUT2D eigenvalue weighted by atomic mass is 16.6. The molecule has 1 fully saturated rings. The lowest BCUT2D eigenvalue weighted by molar-refractivity contribution is -0.0966. The molecule has 6 aromatic rings. The van der Waals surface area contributed by atoms with Crippen LogP contribution in [0.25, 0.3) is 11.0 Å². The minimum atomic E-state index is -1.11. The predicted molar refractivity (Wildman–Crippen MR) is 184 cm³/mol. The van der Waals surface area contributed by atoms with Gasteiger partial charge in [-0.1, -0.05) is 84.9 Å². The van der Waals surface area contributed by atoms with Crippen molar-refractivity contribution in [2.75, 3.05) is 20.8 Å². The number of rotatable bonds is 12. The molecule has 0 unspecified atom stereocenters. The number of benzene rings is 4. The van der Waals surface area contributed by atoms with Gasteiger partial charge in [0.2, 0.25) is 0 Å². The van der Waals surface area contributed by atoms with Gasteiger partial charge in [0.1, 0.15) is 35.4 Å². The average Bonchev–Trinajstić information content (AvgIpc) is 3.73. The molecule has 1 saturated heterocycles. The van der Waals surface area contributed by atoms with Crippen LogP contribution in [0.4, 0.5) is 0 Å². The first-order chi connectivity index (χ1) is 24.0. The number of methoxy groups -OCH3 is 2. The van der Waals surface area contributed by atoms with Crippen LogP contribution in [0.5, 0.6) is 11.5 Å². The van der Waals surface area contributed by atoms with Crippen LogP contribution in [0.2, 0.25) is 0 Å². The minimum Gasteiger partial charge on any atom is -0.497 e. The molecule has 2 N–H and O–H groups in total. The van der Waals surface area contributed by atoms with Gasteiger partial charge >= 0.3 is 0 Å². The Labute approximate surface area is 283 Å². The van der Waals surface area contributed by atoms with Crippen LogP contribution in [0.1, 0.15) is 28.5 Å². The monoisotopic (exact) mass is 659 g/mol. The van der Waals surface area contributed by atoms with Crippen molar-refractivity contribution in [3.8, 4) is 11.5 Å². The zero-order chi connectivity index (χ0) is 33.8. The maximum atomic E-state index is 12.5. The molecule has 0 aliphatic carbocycles. The normalized spacial score (nSPS) is 19.2. The van der Waals surface area contributed by atoms with E-state index in [4.69, 9.17) is 23.7 Å². The summed E-state index contributed by atoms with van der Waals surface area (Å²) in [7, 11) is 3.26. The van der Waals surface area contributed by atoms with E-state index in [1.165, 1.54) is 0 Å². The number of imidazole rings is 1. The van der Waals surface area contributed by atoms with Gasteiger partial charge in [-0.15, -0.1) is 0 Å². The first kappa shape index (κ1) is 32.3. The van der Waals surface area contributed by atoms with Gasteiger partial charge in [-0.2, -0.15) is 0 Å². The second-order valence-electron chi connectivity index (χ2n) is 11.8. The molecule has 0 spiro atoms. The van der Waals surface area contributed by atoms with Gasteiger partial charge in [0.25, 0.3) is 5.56 Å². The zero-order valence-corrected chi connectivity index (χ0v) is 27.1. The van der Waals surface area contributed by atoms with Gasteiger partial charge < -0.3 is 38.3 Å². The number of ether oxygens (including phenoxy) is 5. The van der Waals surface area contributed by atoms with E-state index in [0.717, 1.165) is 22.3 Å². The topological polar surface area (TPSA) is 117 Å². The van der Waals surface area contributed by atoms with E-state index >= 15 is 0 Å². The van der Waals surface area contributed by atoms with Crippen molar-refractivity contribution in [2.45, 2.75) is 36.7 Å². The number of hydrogen-bond acceptors (Lipinski definition) is 8. The number of aromatic nitrogens is 3. The molecular weight excluding hydrogens is 622 g/mol.